The van der Waals surface area contributed by atoms with Gasteiger partial charge in [-0.3, -0.25) is 9.67 Å². The smallest absolute Gasteiger partial charge is 0.215 e. The summed E-state index contributed by atoms with van der Waals surface area (Å²) >= 11 is 0. The molecule has 3 aromatic rings. The number of halogens is 1. The van der Waals surface area contributed by atoms with E-state index in [0.29, 0.717) is 12.1 Å². The molecule has 0 spiro atoms. The van der Waals surface area contributed by atoms with Gasteiger partial charge in [-0.2, -0.15) is 5.10 Å². The molecule has 4 rings (SSSR count). The van der Waals surface area contributed by atoms with E-state index in [1.54, 1.807) is 18.5 Å². The van der Waals surface area contributed by atoms with Crippen LogP contribution in [0.5, 0.6) is 0 Å². The van der Waals surface area contributed by atoms with Gasteiger partial charge in [-0.25, -0.2) is 17.5 Å². The summed E-state index contributed by atoms with van der Waals surface area (Å²) < 4.78 is 42.5. The standard InChI is InChI=1S/C21H23FN4O2S/c22-18-5-3-4-16(14-18)15-29(27,28)24-12-13-26-20-7-2-1-6-19(20)21(25-26)17-8-10-23-11-9-17/h3-5,8-11,14,24H,1-2,6-7,12-13,15H2. The first-order valence-corrected chi connectivity index (χ1v) is 11.4. The van der Waals surface area contributed by atoms with Gasteiger partial charge < -0.3 is 0 Å². The molecule has 2 aromatic heterocycles. The van der Waals surface area contributed by atoms with Gasteiger partial charge in [-0.05, 0) is 55.5 Å². The highest BCUT2D eigenvalue weighted by atomic mass is 32.2. The van der Waals surface area contributed by atoms with Crippen molar-refractivity contribution in [3.05, 3.63) is 71.4 Å². The Hall–Kier alpha value is -2.58. The van der Waals surface area contributed by atoms with Crippen LogP contribution in [0.2, 0.25) is 0 Å². The number of hydrogen-bond acceptors (Lipinski definition) is 4. The Bertz CT molecular complexity index is 1100. The second-order valence-corrected chi connectivity index (χ2v) is 9.03. The average Bonchev–Trinajstić information content (AvgIpc) is 3.07. The van der Waals surface area contributed by atoms with Gasteiger partial charge in [0.25, 0.3) is 0 Å². The minimum absolute atomic E-state index is 0.238. The number of nitrogens with one attached hydrogen (secondary N) is 1. The fraction of sp³-hybridized carbons (Fsp3) is 0.333. The van der Waals surface area contributed by atoms with Crippen molar-refractivity contribution in [1.29, 1.82) is 0 Å². The van der Waals surface area contributed by atoms with Gasteiger partial charge in [0, 0.05) is 35.8 Å². The van der Waals surface area contributed by atoms with Crippen molar-refractivity contribution in [2.45, 2.75) is 38.0 Å². The Morgan fingerprint density at radius 2 is 1.90 bits per heavy atom. The van der Waals surface area contributed by atoms with Crippen LogP contribution in [0, 0.1) is 5.82 Å². The second kappa shape index (κ2) is 8.42. The molecule has 152 valence electrons. The summed E-state index contributed by atoms with van der Waals surface area (Å²) in [5.74, 6) is -0.686. The average molecular weight is 415 g/mol. The second-order valence-electron chi connectivity index (χ2n) is 7.22. The van der Waals surface area contributed by atoms with Gasteiger partial charge in [0.15, 0.2) is 0 Å². The molecule has 6 nitrogen and oxygen atoms in total. The molecule has 1 aliphatic rings. The molecule has 29 heavy (non-hydrogen) atoms. The van der Waals surface area contributed by atoms with Crippen molar-refractivity contribution in [1.82, 2.24) is 19.5 Å². The van der Waals surface area contributed by atoms with Crippen LogP contribution in [0.25, 0.3) is 11.3 Å². The van der Waals surface area contributed by atoms with Crippen molar-refractivity contribution in [3.8, 4) is 11.3 Å². The first kappa shape index (κ1) is 19.7. The van der Waals surface area contributed by atoms with E-state index in [0.717, 1.165) is 36.9 Å². The summed E-state index contributed by atoms with van der Waals surface area (Å²) in [6.07, 6.45) is 7.69. The maximum Gasteiger partial charge on any atom is 0.215 e. The molecular weight excluding hydrogens is 391 g/mol. The normalized spacial score (nSPS) is 14.0. The topological polar surface area (TPSA) is 76.9 Å². The lowest BCUT2D eigenvalue weighted by molar-refractivity contribution is 0.538. The Morgan fingerprint density at radius 1 is 1.10 bits per heavy atom. The van der Waals surface area contributed by atoms with Crippen LogP contribution in [-0.2, 0) is 35.2 Å². The highest BCUT2D eigenvalue weighted by molar-refractivity contribution is 7.88. The number of rotatable bonds is 7. The first-order chi connectivity index (χ1) is 14.0. The maximum atomic E-state index is 13.3. The van der Waals surface area contributed by atoms with Crippen molar-refractivity contribution < 1.29 is 12.8 Å². The zero-order valence-electron chi connectivity index (χ0n) is 16.0. The lowest BCUT2D eigenvalue weighted by Crippen LogP contribution is -2.29. The molecule has 0 atom stereocenters. The predicted molar refractivity (Wildman–Crippen MR) is 109 cm³/mol. The molecule has 2 heterocycles. The molecule has 0 unspecified atom stereocenters. The highest BCUT2D eigenvalue weighted by Crippen LogP contribution is 2.30. The molecule has 0 saturated heterocycles. The van der Waals surface area contributed by atoms with E-state index in [1.165, 1.54) is 29.5 Å². The van der Waals surface area contributed by atoms with E-state index >= 15 is 0 Å². The number of benzene rings is 1. The molecule has 0 aliphatic heterocycles. The number of pyridine rings is 1. The molecule has 1 aliphatic carbocycles. The van der Waals surface area contributed by atoms with E-state index in [-0.39, 0.29) is 12.3 Å². The minimum Gasteiger partial charge on any atom is -0.267 e. The van der Waals surface area contributed by atoms with Crippen molar-refractivity contribution in [2.75, 3.05) is 6.54 Å². The number of fused-ring (bicyclic) bond motifs is 1. The molecule has 0 amide bonds. The largest absolute Gasteiger partial charge is 0.267 e. The van der Waals surface area contributed by atoms with E-state index in [2.05, 4.69) is 9.71 Å². The van der Waals surface area contributed by atoms with E-state index in [1.807, 2.05) is 16.8 Å². The molecule has 0 saturated carbocycles. The van der Waals surface area contributed by atoms with E-state index in [9.17, 15) is 12.8 Å². The third-order valence-electron chi connectivity index (χ3n) is 5.10. The lowest BCUT2D eigenvalue weighted by Gasteiger charge is -2.14. The fourth-order valence-corrected chi connectivity index (χ4v) is 4.92. The molecule has 0 bridgehead atoms. The fourth-order valence-electron chi connectivity index (χ4n) is 3.80. The third-order valence-corrected chi connectivity index (χ3v) is 6.46. The maximum absolute atomic E-state index is 13.3. The van der Waals surface area contributed by atoms with Crippen LogP contribution in [0.1, 0.15) is 29.7 Å². The van der Waals surface area contributed by atoms with Crippen LogP contribution >= 0.6 is 0 Å². The quantitative estimate of drug-likeness (QED) is 0.645. The summed E-state index contributed by atoms with van der Waals surface area (Å²) in [5, 5.41) is 4.78. The Labute approximate surface area is 169 Å². The van der Waals surface area contributed by atoms with Crippen molar-refractivity contribution in [3.63, 3.8) is 0 Å². The number of nitrogens with zero attached hydrogens (tertiary/aromatic N) is 3. The van der Waals surface area contributed by atoms with Crippen LogP contribution in [0.4, 0.5) is 4.39 Å². The van der Waals surface area contributed by atoms with Crippen molar-refractivity contribution >= 4 is 10.0 Å². The SMILES string of the molecule is O=S(=O)(Cc1cccc(F)c1)NCCn1nc(-c2ccncc2)c2c1CCCC2. The summed E-state index contributed by atoms with van der Waals surface area (Å²) in [5.41, 5.74) is 4.86. The van der Waals surface area contributed by atoms with Gasteiger partial charge >= 0.3 is 0 Å². The monoisotopic (exact) mass is 414 g/mol. The van der Waals surface area contributed by atoms with Crippen LogP contribution in [-0.4, -0.2) is 29.7 Å². The summed E-state index contributed by atoms with van der Waals surface area (Å²) in [6.45, 7) is 0.692. The first-order valence-electron chi connectivity index (χ1n) is 9.72. The summed E-state index contributed by atoms with van der Waals surface area (Å²) in [7, 11) is -3.55. The van der Waals surface area contributed by atoms with E-state index in [4.69, 9.17) is 5.10 Å². The lowest BCUT2D eigenvalue weighted by atomic mass is 9.94. The summed E-state index contributed by atoms with van der Waals surface area (Å²) in [6, 6.07) is 9.55. The van der Waals surface area contributed by atoms with Crippen LogP contribution in [0.15, 0.2) is 48.8 Å². The minimum atomic E-state index is -3.55. The Kier molecular flexibility index (Phi) is 5.73. The van der Waals surface area contributed by atoms with Gasteiger partial charge in [-0.15, -0.1) is 0 Å². The van der Waals surface area contributed by atoms with Crippen LogP contribution < -0.4 is 4.72 Å². The number of hydrogen-bond donors (Lipinski definition) is 1. The third kappa shape index (κ3) is 4.71. The predicted octanol–water partition coefficient (Wildman–Crippen LogP) is 3.08. The Morgan fingerprint density at radius 3 is 2.69 bits per heavy atom. The molecule has 1 N–H and O–H groups in total. The van der Waals surface area contributed by atoms with Crippen molar-refractivity contribution in [2.24, 2.45) is 0 Å². The zero-order valence-corrected chi connectivity index (χ0v) is 16.8. The molecule has 8 heteroatoms. The van der Waals surface area contributed by atoms with Gasteiger partial charge in [-0.1, -0.05) is 12.1 Å². The molecular formula is C21H23FN4O2S. The van der Waals surface area contributed by atoms with Gasteiger partial charge in [0.05, 0.1) is 18.0 Å². The summed E-state index contributed by atoms with van der Waals surface area (Å²) in [4.78, 5) is 4.07. The Balaban J connectivity index is 1.46. The van der Waals surface area contributed by atoms with Crippen LogP contribution in [0.3, 0.4) is 0 Å². The molecule has 0 radical (unpaired) electrons. The number of aromatic nitrogens is 3. The molecule has 0 fully saturated rings. The molecule has 1 aromatic carbocycles. The van der Waals surface area contributed by atoms with E-state index < -0.39 is 15.8 Å². The highest BCUT2D eigenvalue weighted by Gasteiger charge is 2.22. The number of sulfonamides is 1. The zero-order chi connectivity index (χ0) is 20.3. The van der Waals surface area contributed by atoms with Gasteiger partial charge in [0.2, 0.25) is 10.0 Å². The van der Waals surface area contributed by atoms with Gasteiger partial charge in [0.1, 0.15) is 5.82 Å².